The van der Waals surface area contributed by atoms with Gasteiger partial charge < -0.3 is 10.0 Å². The Bertz CT molecular complexity index is 635. The summed E-state index contributed by atoms with van der Waals surface area (Å²) in [5.41, 5.74) is -1.02. The molecule has 1 saturated heterocycles. The van der Waals surface area contributed by atoms with E-state index in [0.717, 1.165) is 32.4 Å². The smallest absolute Gasteiger partial charge is 0.226 e. The molecule has 0 unspecified atom stereocenters. The molecule has 1 aromatic rings. The minimum atomic E-state index is -0.615. The largest absolute Gasteiger partial charge is 0.857 e. The Labute approximate surface area is 144 Å². The molecule has 130 valence electrons. The zero-order valence-corrected chi connectivity index (χ0v) is 14.9. The van der Waals surface area contributed by atoms with E-state index in [-0.39, 0.29) is 17.7 Å². The van der Waals surface area contributed by atoms with Gasteiger partial charge in [0.05, 0.1) is 0 Å². The van der Waals surface area contributed by atoms with Crippen LogP contribution in [-0.2, 0) is 4.79 Å². The molecule has 2 aliphatic rings. The second-order valence-corrected chi connectivity index (χ2v) is 7.84. The number of rotatable bonds is 3. The van der Waals surface area contributed by atoms with Gasteiger partial charge in [0.25, 0.3) is 0 Å². The Balaban J connectivity index is 1.85. The molecule has 2 heterocycles. The molecular weight excluding hydrogens is 302 g/mol. The maximum atomic E-state index is 12.9. The third kappa shape index (κ3) is 2.70. The molecule has 0 N–H and O–H groups in total. The summed E-state index contributed by atoms with van der Waals surface area (Å²) in [5, 5.41) is 17.2. The van der Waals surface area contributed by atoms with E-state index in [4.69, 9.17) is 0 Å². The van der Waals surface area contributed by atoms with E-state index in [9.17, 15) is 9.90 Å². The van der Waals surface area contributed by atoms with Gasteiger partial charge in [0, 0.05) is 42.5 Å². The van der Waals surface area contributed by atoms with Crippen molar-refractivity contribution in [3.8, 4) is 0 Å². The first-order chi connectivity index (χ1) is 11.4. The highest BCUT2D eigenvalue weighted by Gasteiger charge is 2.55. The summed E-state index contributed by atoms with van der Waals surface area (Å²) in [6.45, 7) is 7.81. The lowest BCUT2D eigenvalue weighted by molar-refractivity contribution is -0.682. The minimum Gasteiger partial charge on any atom is -0.857 e. The van der Waals surface area contributed by atoms with Crippen LogP contribution < -0.4 is 9.78 Å². The first-order valence-corrected chi connectivity index (χ1v) is 8.88. The third-order valence-corrected chi connectivity index (χ3v) is 6.32. The highest BCUT2D eigenvalue weighted by molar-refractivity contribution is 5.85. The van der Waals surface area contributed by atoms with Crippen LogP contribution >= 0.6 is 0 Å². The van der Waals surface area contributed by atoms with Crippen LogP contribution in [0.25, 0.3) is 0 Å². The fraction of sp³-hybridized carbons (Fsp3) is 0.632. The van der Waals surface area contributed by atoms with Gasteiger partial charge in [-0.15, -0.1) is 0 Å². The molecule has 1 aromatic heterocycles. The molecule has 2 fully saturated rings. The Morgan fingerprint density at radius 1 is 1.17 bits per heavy atom. The summed E-state index contributed by atoms with van der Waals surface area (Å²) in [6, 6.07) is 5.58. The average molecular weight is 329 g/mol. The van der Waals surface area contributed by atoms with Crippen molar-refractivity contribution in [1.29, 1.82) is 0 Å². The van der Waals surface area contributed by atoms with Crippen molar-refractivity contribution in [2.45, 2.75) is 46.5 Å². The number of aromatic nitrogens is 1. The van der Waals surface area contributed by atoms with Gasteiger partial charge in [0.15, 0.2) is 0 Å². The molecule has 0 spiro atoms. The van der Waals surface area contributed by atoms with Gasteiger partial charge in [-0.25, -0.2) is 0 Å². The van der Waals surface area contributed by atoms with E-state index in [1.165, 1.54) is 0 Å². The fourth-order valence-corrected chi connectivity index (χ4v) is 4.14. The topological polar surface area (TPSA) is 59.6 Å². The number of nitrogens with zero attached hydrogens (tertiary/aromatic N) is 3. The van der Waals surface area contributed by atoms with Crippen molar-refractivity contribution in [3.05, 3.63) is 30.6 Å². The Hall–Kier alpha value is -1.91. The molecule has 0 radical (unpaired) electrons. The van der Waals surface area contributed by atoms with Gasteiger partial charge >= 0.3 is 0 Å². The van der Waals surface area contributed by atoms with E-state index >= 15 is 0 Å². The second-order valence-electron chi connectivity index (χ2n) is 7.84. The van der Waals surface area contributed by atoms with E-state index in [2.05, 4.69) is 18.9 Å². The van der Waals surface area contributed by atoms with Crippen LogP contribution in [0.2, 0.25) is 0 Å². The highest BCUT2D eigenvalue weighted by Crippen LogP contribution is 2.56. The monoisotopic (exact) mass is 329 g/mol. The lowest BCUT2D eigenvalue weighted by atomic mass is 9.65. The second kappa shape index (κ2) is 6.19. The van der Waals surface area contributed by atoms with Crippen LogP contribution in [0.5, 0.6) is 0 Å². The molecule has 1 saturated carbocycles. The van der Waals surface area contributed by atoms with Crippen molar-refractivity contribution in [3.63, 3.8) is 0 Å². The van der Waals surface area contributed by atoms with Crippen LogP contribution in [0.4, 0.5) is 0 Å². The molecule has 5 nitrogen and oxygen atoms in total. The fourth-order valence-electron chi connectivity index (χ4n) is 4.14. The van der Waals surface area contributed by atoms with E-state index in [1.54, 1.807) is 17.1 Å². The standard InChI is InChI=1S/C19H27N3O2/c1-18(2)15(16(23)21-11-7-8-12-21)9-10-19(18,3)17(24)20-22-13-5-4-6-14-22/h4-6,13-15H,7-12H2,1-3H3/t15-,19+/m1/s1. The number of hydrogen-bond donors (Lipinski definition) is 0. The molecule has 1 aliphatic carbocycles. The van der Waals surface area contributed by atoms with Crippen molar-refractivity contribution >= 4 is 11.8 Å². The summed E-state index contributed by atoms with van der Waals surface area (Å²) < 4.78 is 1.55. The van der Waals surface area contributed by atoms with Crippen molar-refractivity contribution < 1.29 is 14.6 Å². The average Bonchev–Trinajstić information content (AvgIpc) is 3.16. The lowest BCUT2D eigenvalue weighted by Crippen LogP contribution is -2.51. The molecule has 24 heavy (non-hydrogen) atoms. The van der Waals surface area contributed by atoms with Gasteiger partial charge in [-0.1, -0.05) is 31.5 Å². The number of pyridine rings is 1. The van der Waals surface area contributed by atoms with Gasteiger partial charge in [0.1, 0.15) is 0 Å². The van der Waals surface area contributed by atoms with Gasteiger partial charge in [-0.2, -0.15) is 0 Å². The van der Waals surface area contributed by atoms with Gasteiger partial charge in [-0.05, 0) is 36.2 Å². The maximum Gasteiger partial charge on any atom is 0.226 e. The molecule has 3 rings (SSSR count). The summed E-state index contributed by atoms with van der Waals surface area (Å²) in [6.07, 6.45) is 7.18. The zero-order chi connectivity index (χ0) is 17.4. The van der Waals surface area contributed by atoms with Crippen molar-refractivity contribution in [1.82, 2.24) is 4.90 Å². The van der Waals surface area contributed by atoms with Crippen LogP contribution in [0.15, 0.2) is 35.7 Å². The summed E-state index contributed by atoms with van der Waals surface area (Å²) >= 11 is 0. The first kappa shape index (κ1) is 16.9. The SMILES string of the molecule is CC1(C)[C@@H](C(=O)N2CCCC2)CC[C@@]1(C)/C([O-])=N/[n+]1ccccc1. The maximum absolute atomic E-state index is 12.9. The summed E-state index contributed by atoms with van der Waals surface area (Å²) in [7, 11) is 0. The predicted octanol–water partition coefficient (Wildman–Crippen LogP) is 1.56. The Morgan fingerprint density at radius 3 is 2.42 bits per heavy atom. The molecule has 0 bridgehead atoms. The van der Waals surface area contributed by atoms with E-state index in [0.29, 0.717) is 6.42 Å². The van der Waals surface area contributed by atoms with Gasteiger partial charge in [0.2, 0.25) is 18.3 Å². The molecule has 5 heteroatoms. The van der Waals surface area contributed by atoms with Crippen LogP contribution in [0.1, 0.15) is 46.5 Å². The van der Waals surface area contributed by atoms with Crippen molar-refractivity contribution in [2.24, 2.45) is 21.8 Å². The normalized spacial score (nSPS) is 29.9. The number of carbonyl (C=O) groups excluding carboxylic acids is 1. The number of hydrogen-bond acceptors (Lipinski definition) is 3. The number of amides is 1. The van der Waals surface area contributed by atoms with Gasteiger partial charge in [-0.3, -0.25) is 4.79 Å². The van der Waals surface area contributed by atoms with E-state index < -0.39 is 10.8 Å². The summed E-state index contributed by atoms with van der Waals surface area (Å²) in [5.74, 6) is -0.0117. The molecule has 1 amide bonds. The minimum absolute atomic E-state index is 0.0967. The lowest BCUT2D eigenvalue weighted by Gasteiger charge is -2.43. The molecule has 1 aliphatic heterocycles. The summed E-state index contributed by atoms with van der Waals surface area (Å²) in [4.78, 5) is 14.9. The first-order valence-electron chi connectivity index (χ1n) is 8.88. The number of likely N-dealkylation sites (tertiary alicyclic amines) is 1. The predicted molar refractivity (Wildman–Crippen MR) is 89.9 cm³/mol. The van der Waals surface area contributed by atoms with Crippen LogP contribution in [0.3, 0.4) is 0 Å². The van der Waals surface area contributed by atoms with Crippen LogP contribution in [-0.4, -0.2) is 29.8 Å². The highest BCUT2D eigenvalue weighted by atomic mass is 16.3. The molecule has 2 atom stereocenters. The van der Waals surface area contributed by atoms with Crippen molar-refractivity contribution in [2.75, 3.05) is 13.1 Å². The Morgan fingerprint density at radius 2 is 1.79 bits per heavy atom. The molecular formula is C19H27N3O2. The number of carbonyl (C=O) groups is 1. The van der Waals surface area contributed by atoms with Crippen LogP contribution in [0, 0.1) is 16.7 Å². The van der Waals surface area contributed by atoms with E-state index in [1.807, 2.05) is 30.0 Å². The third-order valence-electron chi connectivity index (χ3n) is 6.32. The zero-order valence-electron chi connectivity index (χ0n) is 14.9. The molecule has 0 aromatic carbocycles. The Kier molecular flexibility index (Phi) is 4.37. The quantitative estimate of drug-likeness (QED) is 0.480.